The van der Waals surface area contributed by atoms with Crippen LogP contribution < -0.4 is 0 Å². The number of amides is 3. The highest BCUT2D eigenvalue weighted by Gasteiger charge is 2.30. The molecule has 0 bridgehead atoms. The lowest BCUT2D eigenvalue weighted by Gasteiger charge is -2.19. The Morgan fingerprint density at radius 2 is 2.07 bits per heavy atom. The van der Waals surface area contributed by atoms with Gasteiger partial charge in [-0.05, 0) is 13.8 Å². The quantitative estimate of drug-likeness (QED) is 0.605. The maximum atomic E-state index is 11.5. The van der Waals surface area contributed by atoms with Crippen molar-refractivity contribution in [3.8, 4) is 0 Å². The molecule has 0 fully saturated rings. The van der Waals surface area contributed by atoms with Gasteiger partial charge in [-0.2, -0.15) is 0 Å². The fraction of sp³-hybridized carbons (Fsp3) is 0.500. The molecule has 5 heteroatoms. The lowest BCUT2D eigenvalue weighted by molar-refractivity contribution is -0.144. The molecule has 0 atom stereocenters. The van der Waals surface area contributed by atoms with Crippen LogP contribution in [0.15, 0.2) is 11.6 Å². The van der Waals surface area contributed by atoms with E-state index < -0.39 is 5.91 Å². The molecule has 0 unspecified atom stereocenters. The molecule has 0 N–H and O–H groups in total. The largest absolute Gasteiger partial charge is 0.344 e. The average molecular weight is 210 g/mol. The Hall–Kier alpha value is -1.65. The van der Waals surface area contributed by atoms with Crippen LogP contribution in [0.4, 0.5) is 0 Å². The second-order valence-corrected chi connectivity index (χ2v) is 3.46. The van der Waals surface area contributed by atoms with Crippen molar-refractivity contribution in [2.45, 2.75) is 13.8 Å². The van der Waals surface area contributed by atoms with Crippen molar-refractivity contribution in [1.82, 2.24) is 9.80 Å². The van der Waals surface area contributed by atoms with E-state index in [1.807, 2.05) is 6.92 Å². The van der Waals surface area contributed by atoms with Gasteiger partial charge in [0.2, 0.25) is 5.91 Å². The van der Waals surface area contributed by atoms with Crippen LogP contribution in [0.5, 0.6) is 0 Å². The zero-order chi connectivity index (χ0) is 11.6. The number of carbonyl (C=O) groups excluding carboxylic acids is 3. The van der Waals surface area contributed by atoms with Crippen molar-refractivity contribution >= 4 is 17.7 Å². The third-order valence-electron chi connectivity index (χ3n) is 2.38. The molecule has 0 saturated carbocycles. The molecule has 1 aliphatic heterocycles. The van der Waals surface area contributed by atoms with E-state index in [-0.39, 0.29) is 18.4 Å². The van der Waals surface area contributed by atoms with Gasteiger partial charge in [0.15, 0.2) is 0 Å². The first-order valence-electron chi connectivity index (χ1n) is 4.75. The van der Waals surface area contributed by atoms with E-state index in [2.05, 4.69) is 0 Å². The molecule has 0 aliphatic carbocycles. The van der Waals surface area contributed by atoms with Gasteiger partial charge in [-0.1, -0.05) is 0 Å². The smallest absolute Gasteiger partial charge is 0.257 e. The van der Waals surface area contributed by atoms with Gasteiger partial charge in [0, 0.05) is 25.2 Å². The molecule has 0 radical (unpaired) electrons. The van der Waals surface area contributed by atoms with Crippen molar-refractivity contribution < 1.29 is 14.4 Å². The summed E-state index contributed by atoms with van der Waals surface area (Å²) >= 11 is 0. The van der Waals surface area contributed by atoms with Crippen LogP contribution in [0.25, 0.3) is 0 Å². The van der Waals surface area contributed by atoms with Crippen LogP contribution in [0.1, 0.15) is 13.8 Å². The van der Waals surface area contributed by atoms with E-state index in [1.165, 1.54) is 11.0 Å². The number of nitrogens with zero attached hydrogens (tertiary/aromatic N) is 2. The lowest BCUT2D eigenvalue weighted by Crippen LogP contribution is -2.41. The Bertz CT molecular complexity index is 347. The van der Waals surface area contributed by atoms with Crippen LogP contribution in [0.2, 0.25) is 0 Å². The number of hydrogen-bond donors (Lipinski definition) is 0. The van der Waals surface area contributed by atoms with Gasteiger partial charge in [0.1, 0.15) is 6.54 Å². The highest BCUT2D eigenvalue weighted by Crippen LogP contribution is 2.11. The summed E-state index contributed by atoms with van der Waals surface area (Å²) in [6, 6.07) is 0. The van der Waals surface area contributed by atoms with Crippen molar-refractivity contribution in [1.29, 1.82) is 0 Å². The number of rotatable bonds is 3. The summed E-state index contributed by atoms with van der Waals surface area (Å²) in [5.41, 5.74) is 0.381. The van der Waals surface area contributed by atoms with Gasteiger partial charge in [-0.25, -0.2) is 0 Å². The van der Waals surface area contributed by atoms with Crippen LogP contribution in [-0.4, -0.2) is 47.7 Å². The van der Waals surface area contributed by atoms with Crippen LogP contribution >= 0.6 is 0 Å². The molecule has 1 aliphatic rings. The molecule has 0 aromatic rings. The Labute approximate surface area is 88.3 Å². The summed E-state index contributed by atoms with van der Waals surface area (Å²) in [7, 11) is 1.63. The fourth-order valence-corrected chi connectivity index (χ4v) is 1.22. The minimum Gasteiger partial charge on any atom is -0.344 e. The summed E-state index contributed by atoms with van der Waals surface area (Å²) in [6.07, 6.45) is 1.25. The number of hydrogen-bond acceptors (Lipinski definition) is 3. The first-order valence-corrected chi connectivity index (χ1v) is 4.75. The molecule has 0 aromatic carbocycles. The van der Waals surface area contributed by atoms with E-state index in [0.717, 1.165) is 4.90 Å². The predicted octanol–water partition coefficient (Wildman–Crippen LogP) is -0.220. The topological polar surface area (TPSA) is 57.7 Å². The molecular formula is C10H14N2O3. The van der Waals surface area contributed by atoms with E-state index >= 15 is 0 Å². The maximum absolute atomic E-state index is 11.5. The fourth-order valence-electron chi connectivity index (χ4n) is 1.22. The molecule has 0 aromatic heterocycles. The average Bonchev–Trinajstić information content (AvgIpc) is 2.43. The standard InChI is InChI=1S/C10H14N2O3/c1-4-11(3)9(14)6-12-8(13)5-7(2)10(12)15/h5H,4,6H2,1-3H3. The Morgan fingerprint density at radius 1 is 1.47 bits per heavy atom. The van der Waals surface area contributed by atoms with E-state index in [1.54, 1.807) is 14.0 Å². The van der Waals surface area contributed by atoms with Crippen molar-refractivity contribution in [2.75, 3.05) is 20.1 Å². The third kappa shape index (κ3) is 2.23. The summed E-state index contributed by atoms with van der Waals surface area (Å²) in [5, 5.41) is 0. The maximum Gasteiger partial charge on any atom is 0.257 e. The van der Waals surface area contributed by atoms with E-state index in [0.29, 0.717) is 12.1 Å². The molecule has 0 saturated heterocycles. The number of imide groups is 1. The highest BCUT2D eigenvalue weighted by molar-refractivity contribution is 6.17. The molecule has 5 nitrogen and oxygen atoms in total. The van der Waals surface area contributed by atoms with Crippen LogP contribution in [0.3, 0.4) is 0 Å². The molecular weight excluding hydrogens is 196 g/mol. The Morgan fingerprint density at radius 3 is 2.47 bits per heavy atom. The summed E-state index contributed by atoms with van der Waals surface area (Å²) < 4.78 is 0. The van der Waals surface area contributed by atoms with Crippen molar-refractivity contribution in [3.05, 3.63) is 11.6 Å². The van der Waals surface area contributed by atoms with Gasteiger partial charge in [-0.3, -0.25) is 19.3 Å². The summed E-state index contributed by atoms with van der Waals surface area (Å²) in [6.45, 7) is 3.78. The molecule has 1 rings (SSSR count). The molecule has 0 spiro atoms. The van der Waals surface area contributed by atoms with Crippen LogP contribution in [-0.2, 0) is 14.4 Å². The number of likely N-dealkylation sites (N-methyl/N-ethyl adjacent to an activating group) is 1. The van der Waals surface area contributed by atoms with E-state index in [9.17, 15) is 14.4 Å². The highest BCUT2D eigenvalue weighted by atomic mass is 16.2. The summed E-state index contributed by atoms with van der Waals surface area (Å²) in [5.74, 6) is -1.02. The van der Waals surface area contributed by atoms with E-state index in [4.69, 9.17) is 0 Å². The zero-order valence-corrected chi connectivity index (χ0v) is 9.11. The Kier molecular flexibility index (Phi) is 3.24. The third-order valence-corrected chi connectivity index (χ3v) is 2.38. The lowest BCUT2D eigenvalue weighted by atomic mass is 10.3. The van der Waals surface area contributed by atoms with Gasteiger partial charge in [0.25, 0.3) is 11.8 Å². The monoisotopic (exact) mass is 210 g/mol. The van der Waals surface area contributed by atoms with Crippen molar-refractivity contribution in [3.63, 3.8) is 0 Å². The minimum absolute atomic E-state index is 0.171. The number of carbonyl (C=O) groups is 3. The normalized spacial score (nSPS) is 15.7. The zero-order valence-electron chi connectivity index (χ0n) is 9.11. The first-order chi connectivity index (χ1) is 6.97. The van der Waals surface area contributed by atoms with Gasteiger partial charge in [0.05, 0.1) is 0 Å². The molecule has 3 amide bonds. The predicted molar refractivity (Wildman–Crippen MR) is 53.8 cm³/mol. The first kappa shape index (κ1) is 11.4. The SMILES string of the molecule is CCN(C)C(=O)CN1C(=O)C=C(C)C1=O. The molecule has 1 heterocycles. The second kappa shape index (κ2) is 4.25. The van der Waals surface area contributed by atoms with Crippen molar-refractivity contribution in [2.24, 2.45) is 0 Å². The van der Waals surface area contributed by atoms with Gasteiger partial charge in [-0.15, -0.1) is 0 Å². The van der Waals surface area contributed by atoms with Gasteiger partial charge < -0.3 is 4.90 Å². The van der Waals surface area contributed by atoms with Crippen LogP contribution in [0, 0.1) is 0 Å². The minimum atomic E-state index is -0.407. The molecule has 82 valence electrons. The molecule has 15 heavy (non-hydrogen) atoms. The van der Waals surface area contributed by atoms with Gasteiger partial charge >= 0.3 is 0 Å². The Balaban J connectivity index is 2.65. The summed E-state index contributed by atoms with van der Waals surface area (Å²) in [4.78, 5) is 36.6. The second-order valence-electron chi connectivity index (χ2n) is 3.46.